The third-order valence-corrected chi connectivity index (χ3v) is 3.64. The van der Waals surface area contributed by atoms with E-state index in [1.165, 1.54) is 29.7 Å². The molecule has 0 unspecified atom stereocenters. The molecule has 0 radical (unpaired) electrons. The van der Waals surface area contributed by atoms with Crippen LogP contribution < -0.4 is 0 Å². The summed E-state index contributed by atoms with van der Waals surface area (Å²) in [6.45, 7) is 3.15. The standard InChI is InChI=1S/C15H21FN2O3/c1-15(2,14(20)21)18(4)10-13(19)17(3)9-11-7-5-6-8-12(11)16/h5-8H,9-10H2,1-4H3,(H,20,21). The van der Waals surface area contributed by atoms with Crippen molar-refractivity contribution in [3.05, 3.63) is 35.6 Å². The largest absolute Gasteiger partial charge is 0.480 e. The molecule has 0 aliphatic rings. The van der Waals surface area contributed by atoms with Crippen LogP contribution in [0.4, 0.5) is 4.39 Å². The molecule has 0 spiro atoms. The molecule has 1 aromatic carbocycles. The van der Waals surface area contributed by atoms with Gasteiger partial charge in [-0.2, -0.15) is 0 Å². The van der Waals surface area contributed by atoms with Crippen molar-refractivity contribution in [2.45, 2.75) is 25.9 Å². The van der Waals surface area contributed by atoms with Crippen LogP contribution >= 0.6 is 0 Å². The molecular formula is C15H21FN2O3. The molecule has 0 aliphatic heterocycles. The van der Waals surface area contributed by atoms with E-state index in [9.17, 15) is 14.0 Å². The smallest absolute Gasteiger partial charge is 0.323 e. The fraction of sp³-hybridized carbons (Fsp3) is 0.467. The van der Waals surface area contributed by atoms with Crippen LogP contribution in [0.2, 0.25) is 0 Å². The first-order valence-corrected chi connectivity index (χ1v) is 6.58. The van der Waals surface area contributed by atoms with E-state index < -0.39 is 11.5 Å². The predicted octanol–water partition coefficient (Wildman–Crippen LogP) is 1.58. The number of likely N-dealkylation sites (N-methyl/N-ethyl adjacent to an activating group) is 2. The maximum atomic E-state index is 13.5. The van der Waals surface area contributed by atoms with Gasteiger partial charge in [0, 0.05) is 19.2 Å². The Morgan fingerprint density at radius 2 is 1.81 bits per heavy atom. The van der Waals surface area contributed by atoms with Crippen molar-refractivity contribution in [1.29, 1.82) is 0 Å². The fourth-order valence-corrected chi connectivity index (χ4v) is 1.65. The number of halogens is 1. The molecule has 0 bridgehead atoms. The van der Waals surface area contributed by atoms with Crippen molar-refractivity contribution in [3.63, 3.8) is 0 Å². The Balaban J connectivity index is 2.68. The summed E-state index contributed by atoms with van der Waals surface area (Å²) < 4.78 is 13.5. The first-order valence-electron chi connectivity index (χ1n) is 6.58. The third-order valence-electron chi connectivity index (χ3n) is 3.64. The minimum Gasteiger partial charge on any atom is -0.480 e. The van der Waals surface area contributed by atoms with Crippen molar-refractivity contribution in [3.8, 4) is 0 Å². The molecule has 0 heterocycles. The number of rotatable bonds is 6. The van der Waals surface area contributed by atoms with Crippen LogP contribution in [0.1, 0.15) is 19.4 Å². The summed E-state index contributed by atoms with van der Waals surface area (Å²) >= 11 is 0. The molecule has 5 nitrogen and oxygen atoms in total. The lowest BCUT2D eigenvalue weighted by atomic mass is 10.0. The summed E-state index contributed by atoms with van der Waals surface area (Å²) in [5.41, 5.74) is -0.720. The number of aliphatic carboxylic acids is 1. The van der Waals surface area contributed by atoms with Crippen LogP contribution in [0, 0.1) is 5.82 Å². The van der Waals surface area contributed by atoms with Crippen LogP contribution in [-0.2, 0) is 16.1 Å². The molecule has 0 fully saturated rings. The highest BCUT2D eigenvalue weighted by Crippen LogP contribution is 2.13. The van der Waals surface area contributed by atoms with Gasteiger partial charge in [0.1, 0.15) is 11.4 Å². The first kappa shape index (κ1) is 17.1. The maximum absolute atomic E-state index is 13.5. The fourth-order valence-electron chi connectivity index (χ4n) is 1.65. The van der Waals surface area contributed by atoms with Gasteiger partial charge in [0.15, 0.2) is 0 Å². The Bertz CT molecular complexity index is 531. The molecule has 0 saturated carbocycles. The summed E-state index contributed by atoms with van der Waals surface area (Å²) in [5.74, 6) is -1.64. The van der Waals surface area contributed by atoms with Gasteiger partial charge in [0.2, 0.25) is 5.91 Å². The monoisotopic (exact) mass is 296 g/mol. The summed E-state index contributed by atoms with van der Waals surface area (Å²) in [6.07, 6.45) is 0. The molecular weight excluding hydrogens is 275 g/mol. The predicted molar refractivity (Wildman–Crippen MR) is 77.2 cm³/mol. The van der Waals surface area contributed by atoms with Crippen molar-refractivity contribution >= 4 is 11.9 Å². The van der Waals surface area contributed by atoms with E-state index in [-0.39, 0.29) is 24.8 Å². The third kappa shape index (κ3) is 4.26. The summed E-state index contributed by atoms with van der Waals surface area (Å²) in [4.78, 5) is 26.1. The van der Waals surface area contributed by atoms with Crippen molar-refractivity contribution in [2.24, 2.45) is 0 Å². The number of hydrogen-bond acceptors (Lipinski definition) is 3. The van der Waals surface area contributed by atoms with E-state index in [1.54, 1.807) is 32.3 Å². The number of benzene rings is 1. The molecule has 0 aliphatic carbocycles. The lowest BCUT2D eigenvalue weighted by molar-refractivity contribution is -0.150. The molecule has 6 heteroatoms. The van der Waals surface area contributed by atoms with E-state index in [0.29, 0.717) is 5.56 Å². The van der Waals surface area contributed by atoms with Crippen LogP contribution in [-0.4, -0.2) is 53.0 Å². The van der Waals surface area contributed by atoms with E-state index in [2.05, 4.69) is 0 Å². The van der Waals surface area contributed by atoms with E-state index in [1.807, 2.05) is 0 Å². The number of nitrogens with zero attached hydrogens (tertiary/aromatic N) is 2. The molecule has 21 heavy (non-hydrogen) atoms. The zero-order valence-corrected chi connectivity index (χ0v) is 12.8. The topological polar surface area (TPSA) is 60.9 Å². The second-order valence-electron chi connectivity index (χ2n) is 5.56. The van der Waals surface area contributed by atoms with Gasteiger partial charge in [0.25, 0.3) is 0 Å². The quantitative estimate of drug-likeness (QED) is 0.866. The van der Waals surface area contributed by atoms with Gasteiger partial charge in [-0.1, -0.05) is 18.2 Å². The van der Waals surface area contributed by atoms with Crippen molar-refractivity contribution in [2.75, 3.05) is 20.6 Å². The number of carbonyl (C=O) groups is 2. The Morgan fingerprint density at radius 1 is 1.24 bits per heavy atom. The molecule has 1 amide bonds. The van der Waals surface area contributed by atoms with Crippen LogP contribution in [0.3, 0.4) is 0 Å². The maximum Gasteiger partial charge on any atom is 0.323 e. The Kier molecular flexibility index (Phi) is 5.43. The average Bonchev–Trinajstić information content (AvgIpc) is 2.40. The summed E-state index contributed by atoms with van der Waals surface area (Å²) in [5, 5.41) is 9.12. The molecule has 0 atom stereocenters. The van der Waals surface area contributed by atoms with Crippen LogP contribution in [0.25, 0.3) is 0 Å². The van der Waals surface area contributed by atoms with Gasteiger partial charge in [-0.05, 0) is 27.0 Å². The highest BCUT2D eigenvalue weighted by atomic mass is 19.1. The van der Waals surface area contributed by atoms with Gasteiger partial charge < -0.3 is 10.0 Å². The lowest BCUT2D eigenvalue weighted by Gasteiger charge is -2.32. The van der Waals surface area contributed by atoms with Crippen LogP contribution in [0.5, 0.6) is 0 Å². The Labute approximate surface area is 124 Å². The molecule has 116 valence electrons. The molecule has 0 saturated heterocycles. The second-order valence-corrected chi connectivity index (χ2v) is 5.56. The van der Waals surface area contributed by atoms with Crippen molar-refractivity contribution in [1.82, 2.24) is 9.80 Å². The molecule has 1 N–H and O–H groups in total. The van der Waals surface area contributed by atoms with Gasteiger partial charge in [-0.15, -0.1) is 0 Å². The zero-order valence-electron chi connectivity index (χ0n) is 12.8. The van der Waals surface area contributed by atoms with Gasteiger partial charge in [-0.3, -0.25) is 14.5 Å². The number of amides is 1. The summed E-state index contributed by atoms with van der Waals surface area (Å²) in [6, 6.07) is 6.25. The summed E-state index contributed by atoms with van der Waals surface area (Å²) in [7, 11) is 3.14. The van der Waals surface area contributed by atoms with Gasteiger partial charge in [0.05, 0.1) is 6.54 Å². The van der Waals surface area contributed by atoms with E-state index in [4.69, 9.17) is 5.11 Å². The Hall–Kier alpha value is -1.95. The zero-order chi connectivity index (χ0) is 16.2. The Morgan fingerprint density at radius 3 is 2.33 bits per heavy atom. The second kappa shape index (κ2) is 6.67. The van der Waals surface area contributed by atoms with Crippen LogP contribution in [0.15, 0.2) is 24.3 Å². The number of carbonyl (C=O) groups excluding carboxylic acids is 1. The highest BCUT2D eigenvalue weighted by molar-refractivity contribution is 5.81. The molecule has 1 rings (SSSR count). The minimum absolute atomic E-state index is 0.0513. The lowest BCUT2D eigenvalue weighted by Crippen LogP contribution is -2.51. The highest BCUT2D eigenvalue weighted by Gasteiger charge is 2.33. The molecule has 0 aromatic heterocycles. The van der Waals surface area contributed by atoms with E-state index >= 15 is 0 Å². The normalized spacial score (nSPS) is 11.5. The number of hydrogen-bond donors (Lipinski definition) is 1. The first-order chi connectivity index (χ1) is 9.66. The minimum atomic E-state index is -1.14. The number of carboxylic acid groups (broad SMARTS) is 1. The van der Waals surface area contributed by atoms with Gasteiger partial charge in [-0.25, -0.2) is 4.39 Å². The average molecular weight is 296 g/mol. The van der Waals surface area contributed by atoms with Gasteiger partial charge >= 0.3 is 5.97 Å². The van der Waals surface area contributed by atoms with Crippen molar-refractivity contribution < 1.29 is 19.1 Å². The number of carboxylic acids is 1. The van der Waals surface area contributed by atoms with E-state index in [0.717, 1.165) is 0 Å². The SMILES string of the molecule is CN(Cc1ccccc1F)C(=O)CN(C)C(C)(C)C(=O)O. The molecule has 1 aromatic rings.